The van der Waals surface area contributed by atoms with Gasteiger partial charge in [0.25, 0.3) is 0 Å². The fourth-order valence-electron chi connectivity index (χ4n) is 1.90. The lowest BCUT2D eigenvalue weighted by Gasteiger charge is -2.24. The Kier molecular flexibility index (Phi) is 6.16. The van der Waals surface area contributed by atoms with Crippen LogP contribution in [0.1, 0.15) is 31.5 Å². The maximum atomic E-state index is 9.12. The van der Waals surface area contributed by atoms with E-state index in [2.05, 4.69) is 35.9 Å². The molecule has 17 heavy (non-hydrogen) atoms. The number of aromatic nitrogens is 1. The molecule has 3 nitrogen and oxygen atoms in total. The largest absolute Gasteiger partial charge is 0.396 e. The fraction of sp³-hybridized carbons (Fsp3) is 0.643. The van der Waals surface area contributed by atoms with Crippen LogP contribution in [0, 0.1) is 12.8 Å². The van der Waals surface area contributed by atoms with Gasteiger partial charge in [-0.05, 0) is 37.4 Å². The first-order valence-corrected chi connectivity index (χ1v) is 6.40. The number of aliphatic hydroxyl groups is 1. The molecule has 3 heteroatoms. The van der Waals surface area contributed by atoms with E-state index in [0.717, 1.165) is 31.7 Å². The van der Waals surface area contributed by atoms with E-state index in [4.69, 9.17) is 5.11 Å². The van der Waals surface area contributed by atoms with Crippen molar-refractivity contribution in [3.63, 3.8) is 0 Å². The molecule has 96 valence electrons. The second-order valence-electron chi connectivity index (χ2n) is 4.83. The van der Waals surface area contributed by atoms with Crippen LogP contribution in [0.3, 0.4) is 0 Å². The second kappa shape index (κ2) is 7.41. The molecule has 0 aliphatic carbocycles. The highest BCUT2D eigenvalue weighted by Gasteiger charge is 2.09. The molecule has 0 amide bonds. The molecular formula is C14H24N2O. The van der Waals surface area contributed by atoms with Crippen LogP contribution in [0.25, 0.3) is 0 Å². The van der Waals surface area contributed by atoms with Crippen LogP contribution < -0.4 is 0 Å². The molecule has 0 bridgehead atoms. The zero-order valence-corrected chi connectivity index (χ0v) is 11.2. The summed E-state index contributed by atoms with van der Waals surface area (Å²) >= 11 is 0. The van der Waals surface area contributed by atoms with Crippen LogP contribution in [0.15, 0.2) is 18.3 Å². The smallest absolute Gasteiger partial charge is 0.0468 e. The van der Waals surface area contributed by atoms with E-state index < -0.39 is 0 Å². The third-order valence-electron chi connectivity index (χ3n) is 2.80. The number of aliphatic hydroxyl groups excluding tert-OH is 1. The van der Waals surface area contributed by atoms with Gasteiger partial charge in [0.1, 0.15) is 0 Å². The van der Waals surface area contributed by atoms with Crippen LogP contribution in [-0.4, -0.2) is 34.7 Å². The molecule has 0 radical (unpaired) electrons. The van der Waals surface area contributed by atoms with E-state index in [9.17, 15) is 0 Å². The fourth-order valence-corrected chi connectivity index (χ4v) is 1.90. The van der Waals surface area contributed by atoms with E-state index in [-0.39, 0.29) is 6.61 Å². The Balaban J connectivity index is 2.56. The van der Waals surface area contributed by atoms with Crippen LogP contribution in [0.5, 0.6) is 0 Å². The third-order valence-corrected chi connectivity index (χ3v) is 2.80. The van der Waals surface area contributed by atoms with Gasteiger partial charge in [-0.25, -0.2) is 0 Å². The van der Waals surface area contributed by atoms with E-state index in [0.29, 0.717) is 5.92 Å². The van der Waals surface area contributed by atoms with Gasteiger partial charge >= 0.3 is 0 Å². The predicted octanol–water partition coefficient (Wildman–Crippen LogP) is 2.23. The molecule has 1 aromatic rings. The standard InChI is InChI=1S/C14H24N2O/c1-4-7-16(9-12(2)11-17)10-14-6-5-13(3)15-8-14/h5-6,8,12,17H,4,7,9-11H2,1-3H3. The quantitative estimate of drug-likeness (QED) is 0.788. The van der Waals surface area contributed by atoms with Gasteiger partial charge in [0, 0.05) is 31.6 Å². The number of hydrogen-bond donors (Lipinski definition) is 1. The molecule has 0 aliphatic rings. The molecule has 1 heterocycles. The molecule has 0 aromatic carbocycles. The van der Waals surface area contributed by atoms with Gasteiger partial charge in [-0.15, -0.1) is 0 Å². The van der Waals surface area contributed by atoms with Crippen molar-refractivity contribution < 1.29 is 5.11 Å². The van der Waals surface area contributed by atoms with Crippen molar-refractivity contribution in [2.24, 2.45) is 5.92 Å². The minimum Gasteiger partial charge on any atom is -0.396 e. The Morgan fingerprint density at radius 1 is 1.41 bits per heavy atom. The number of rotatable bonds is 7. The Morgan fingerprint density at radius 2 is 2.18 bits per heavy atom. The summed E-state index contributed by atoms with van der Waals surface area (Å²) < 4.78 is 0. The van der Waals surface area contributed by atoms with E-state index in [1.807, 2.05) is 13.1 Å². The van der Waals surface area contributed by atoms with Crippen molar-refractivity contribution in [1.29, 1.82) is 0 Å². The minimum atomic E-state index is 0.256. The highest BCUT2D eigenvalue weighted by atomic mass is 16.3. The molecule has 0 spiro atoms. The van der Waals surface area contributed by atoms with Gasteiger partial charge in [0.05, 0.1) is 0 Å². The summed E-state index contributed by atoms with van der Waals surface area (Å²) in [5.41, 5.74) is 2.30. The van der Waals surface area contributed by atoms with Gasteiger partial charge in [-0.2, -0.15) is 0 Å². The molecule has 0 fully saturated rings. The number of pyridine rings is 1. The van der Waals surface area contributed by atoms with E-state index in [1.54, 1.807) is 0 Å². The minimum absolute atomic E-state index is 0.256. The van der Waals surface area contributed by atoms with E-state index >= 15 is 0 Å². The highest BCUT2D eigenvalue weighted by Crippen LogP contribution is 2.08. The summed E-state index contributed by atoms with van der Waals surface area (Å²) in [5, 5.41) is 9.12. The number of aryl methyl sites for hydroxylation is 1. The molecule has 1 rings (SSSR count). The molecule has 0 saturated heterocycles. The molecule has 0 saturated carbocycles. The third kappa shape index (κ3) is 5.29. The summed E-state index contributed by atoms with van der Waals surface area (Å²) in [6.07, 6.45) is 3.08. The lowest BCUT2D eigenvalue weighted by molar-refractivity contribution is 0.168. The Hall–Kier alpha value is -0.930. The first kappa shape index (κ1) is 14.1. The Labute approximate surface area is 104 Å². The SMILES string of the molecule is CCCN(Cc1ccc(C)nc1)CC(C)CO. The van der Waals surface area contributed by atoms with Crippen molar-refractivity contribution in [3.05, 3.63) is 29.6 Å². The molecule has 0 aliphatic heterocycles. The lowest BCUT2D eigenvalue weighted by atomic mass is 10.1. The average Bonchev–Trinajstić information content (AvgIpc) is 2.32. The van der Waals surface area contributed by atoms with Crippen LogP contribution in [0.2, 0.25) is 0 Å². The molecule has 1 atom stereocenters. The monoisotopic (exact) mass is 236 g/mol. The maximum Gasteiger partial charge on any atom is 0.0468 e. The van der Waals surface area contributed by atoms with Gasteiger partial charge in [0.2, 0.25) is 0 Å². The van der Waals surface area contributed by atoms with Crippen molar-refractivity contribution >= 4 is 0 Å². The lowest BCUT2D eigenvalue weighted by Crippen LogP contribution is -2.30. The zero-order valence-electron chi connectivity index (χ0n) is 11.2. The summed E-state index contributed by atoms with van der Waals surface area (Å²) in [7, 11) is 0. The van der Waals surface area contributed by atoms with Crippen molar-refractivity contribution in [2.45, 2.75) is 33.7 Å². The van der Waals surface area contributed by atoms with Crippen molar-refractivity contribution in [3.8, 4) is 0 Å². The van der Waals surface area contributed by atoms with Gasteiger partial charge in [0.15, 0.2) is 0 Å². The molecule has 1 N–H and O–H groups in total. The highest BCUT2D eigenvalue weighted by molar-refractivity contribution is 5.12. The molecule has 1 unspecified atom stereocenters. The molecular weight excluding hydrogens is 212 g/mol. The Bertz CT molecular complexity index is 311. The first-order valence-electron chi connectivity index (χ1n) is 6.40. The summed E-state index contributed by atoms with van der Waals surface area (Å²) in [6.45, 7) is 9.45. The normalized spacial score (nSPS) is 13.0. The van der Waals surface area contributed by atoms with Crippen LogP contribution in [0.4, 0.5) is 0 Å². The van der Waals surface area contributed by atoms with Gasteiger partial charge in [-0.1, -0.05) is 19.9 Å². The van der Waals surface area contributed by atoms with Crippen molar-refractivity contribution in [2.75, 3.05) is 19.7 Å². The zero-order chi connectivity index (χ0) is 12.7. The van der Waals surface area contributed by atoms with Crippen LogP contribution in [-0.2, 0) is 6.54 Å². The van der Waals surface area contributed by atoms with E-state index in [1.165, 1.54) is 5.56 Å². The molecule has 1 aromatic heterocycles. The topological polar surface area (TPSA) is 36.4 Å². The summed E-state index contributed by atoms with van der Waals surface area (Å²) in [6, 6.07) is 4.18. The Morgan fingerprint density at radius 3 is 2.71 bits per heavy atom. The van der Waals surface area contributed by atoms with Crippen LogP contribution >= 0.6 is 0 Å². The van der Waals surface area contributed by atoms with Crippen molar-refractivity contribution in [1.82, 2.24) is 9.88 Å². The average molecular weight is 236 g/mol. The van der Waals surface area contributed by atoms with Gasteiger partial charge < -0.3 is 5.11 Å². The summed E-state index contributed by atoms with van der Waals surface area (Å²) in [5.74, 6) is 0.333. The second-order valence-corrected chi connectivity index (χ2v) is 4.83. The number of nitrogens with zero attached hydrogens (tertiary/aromatic N) is 2. The van der Waals surface area contributed by atoms with Gasteiger partial charge in [-0.3, -0.25) is 9.88 Å². The summed E-state index contributed by atoms with van der Waals surface area (Å²) in [4.78, 5) is 6.70. The number of hydrogen-bond acceptors (Lipinski definition) is 3. The predicted molar refractivity (Wildman–Crippen MR) is 70.8 cm³/mol. The first-order chi connectivity index (χ1) is 8.15. The maximum absolute atomic E-state index is 9.12.